The Bertz CT molecular complexity index is 1090. The lowest BCUT2D eigenvalue weighted by Crippen LogP contribution is -2.14. The number of halogens is 2. The summed E-state index contributed by atoms with van der Waals surface area (Å²) in [5.74, 6) is -0.479. The van der Waals surface area contributed by atoms with Crippen LogP contribution in [0.4, 0.5) is 9.52 Å². The van der Waals surface area contributed by atoms with Crippen LogP contribution < -0.4 is 5.32 Å². The highest BCUT2D eigenvalue weighted by Gasteiger charge is 2.12. The molecule has 0 spiro atoms. The van der Waals surface area contributed by atoms with E-state index in [1.165, 1.54) is 34.8 Å². The maximum absolute atomic E-state index is 13.0. The molecule has 4 nitrogen and oxygen atoms in total. The number of nitrogens with one attached hydrogen (secondary N) is 1. The highest BCUT2D eigenvalue weighted by Crippen LogP contribution is 2.28. The zero-order chi connectivity index (χ0) is 18.1. The number of carbonyl (C=O) groups excluding carboxylic acids is 1. The highest BCUT2D eigenvalue weighted by molar-refractivity contribution is 7.22. The topological polar surface area (TPSA) is 54.9 Å². The minimum Gasteiger partial charge on any atom is -0.302 e. The molecule has 1 amide bonds. The fourth-order valence-electron chi connectivity index (χ4n) is 2.39. The third kappa shape index (κ3) is 3.75. The number of rotatable bonds is 4. The van der Waals surface area contributed by atoms with Crippen LogP contribution in [0.2, 0.25) is 5.02 Å². The Kier molecular flexibility index (Phi) is 4.67. The van der Waals surface area contributed by atoms with E-state index in [1.807, 2.05) is 17.5 Å². The number of benzene rings is 2. The van der Waals surface area contributed by atoms with E-state index in [2.05, 4.69) is 15.3 Å². The predicted molar refractivity (Wildman–Crippen MR) is 104 cm³/mol. The molecular weight excluding hydrogens is 393 g/mol. The van der Waals surface area contributed by atoms with E-state index in [0.717, 1.165) is 20.8 Å². The average molecular weight is 404 g/mol. The Hall–Kier alpha value is -2.35. The molecule has 0 aliphatic carbocycles. The summed E-state index contributed by atoms with van der Waals surface area (Å²) >= 11 is 8.76. The molecule has 1 N–H and O–H groups in total. The van der Waals surface area contributed by atoms with Crippen LogP contribution in [-0.2, 0) is 11.2 Å². The van der Waals surface area contributed by atoms with Gasteiger partial charge in [0.25, 0.3) is 0 Å². The Morgan fingerprint density at radius 3 is 2.77 bits per heavy atom. The second kappa shape index (κ2) is 7.11. The molecule has 0 aliphatic heterocycles. The molecule has 26 heavy (non-hydrogen) atoms. The summed E-state index contributed by atoms with van der Waals surface area (Å²) in [6.45, 7) is 0. The van der Waals surface area contributed by atoms with Gasteiger partial charge >= 0.3 is 0 Å². The molecule has 130 valence electrons. The molecule has 8 heteroatoms. The first-order chi connectivity index (χ1) is 12.6. The zero-order valence-electron chi connectivity index (χ0n) is 13.2. The molecule has 0 saturated heterocycles. The highest BCUT2D eigenvalue weighted by atomic mass is 35.5. The number of amides is 1. The van der Waals surface area contributed by atoms with Crippen molar-refractivity contribution in [3.05, 3.63) is 64.4 Å². The van der Waals surface area contributed by atoms with Crippen LogP contribution >= 0.6 is 34.3 Å². The molecule has 0 radical (unpaired) electrons. The van der Waals surface area contributed by atoms with Crippen molar-refractivity contribution in [1.82, 2.24) is 9.97 Å². The van der Waals surface area contributed by atoms with E-state index >= 15 is 0 Å². The van der Waals surface area contributed by atoms with Crippen LogP contribution in [0.25, 0.3) is 20.8 Å². The number of carbonyl (C=O) groups is 1. The number of hydrogen-bond donors (Lipinski definition) is 1. The van der Waals surface area contributed by atoms with E-state index in [1.54, 1.807) is 18.2 Å². The number of nitrogens with zero attached hydrogens (tertiary/aromatic N) is 2. The summed E-state index contributed by atoms with van der Waals surface area (Å²) < 4.78 is 13.9. The number of thiazole rings is 2. The molecular formula is C18H11ClFN3OS2. The average Bonchev–Trinajstić information content (AvgIpc) is 3.21. The van der Waals surface area contributed by atoms with Crippen molar-refractivity contribution >= 4 is 55.5 Å². The smallest absolute Gasteiger partial charge is 0.232 e. The van der Waals surface area contributed by atoms with Crippen molar-refractivity contribution in [3.63, 3.8) is 0 Å². The largest absolute Gasteiger partial charge is 0.302 e. The SMILES string of the molecule is O=C(Cc1csc(-c2ccc(F)cc2)n1)Nc1nc2ccc(Cl)cc2s1. The molecule has 0 aliphatic rings. The van der Waals surface area contributed by atoms with E-state index in [0.29, 0.717) is 15.8 Å². The lowest BCUT2D eigenvalue weighted by atomic mass is 10.2. The molecule has 0 atom stereocenters. The molecule has 0 bridgehead atoms. The Morgan fingerprint density at radius 2 is 1.96 bits per heavy atom. The molecule has 0 fully saturated rings. The van der Waals surface area contributed by atoms with Gasteiger partial charge in [-0.25, -0.2) is 14.4 Å². The standard InChI is InChI=1S/C18H11ClFN3OS2/c19-11-3-6-14-15(7-11)26-18(22-14)23-16(24)8-13-9-25-17(21-13)10-1-4-12(20)5-2-10/h1-7,9H,8H2,(H,22,23,24). The van der Waals surface area contributed by atoms with Gasteiger partial charge in [0.15, 0.2) is 5.13 Å². The molecule has 0 unspecified atom stereocenters. The van der Waals surface area contributed by atoms with Gasteiger partial charge in [0.1, 0.15) is 10.8 Å². The number of aromatic nitrogens is 2. The Labute approximate surface area is 161 Å². The fourth-order valence-corrected chi connectivity index (χ4v) is 4.38. The van der Waals surface area contributed by atoms with Gasteiger partial charge < -0.3 is 5.32 Å². The number of fused-ring (bicyclic) bond motifs is 1. The van der Waals surface area contributed by atoms with Crippen LogP contribution in [0.1, 0.15) is 5.69 Å². The summed E-state index contributed by atoms with van der Waals surface area (Å²) in [7, 11) is 0. The van der Waals surface area contributed by atoms with E-state index in [9.17, 15) is 9.18 Å². The number of hydrogen-bond acceptors (Lipinski definition) is 5. The van der Waals surface area contributed by atoms with Gasteiger partial charge in [-0.3, -0.25) is 4.79 Å². The van der Waals surface area contributed by atoms with Gasteiger partial charge in [-0.05, 0) is 42.5 Å². The third-order valence-corrected chi connectivity index (χ3v) is 5.69. The lowest BCUT2D eigenvalue weighted by molar-refractivity contribution is -0.115. The quantitative estimate of drug-likeness (QED) is 0.496. The van der Waals surface area contributed by atoms with Crippen molar-refractivity contribution < 1.29 is 9.18 Å². The molecule has 2 heterocycles. The van der Waals surface area contributed by atoms with E-state index in [4.69, 9.17) is 11.6 Å². The fraction of sp³-hybridized carbons (Fsp3) is 0.0556. The van der Waals surface area contributed by atoms with Crippen LogP contribution in [-0.4, -0.2) is 15.9 Å². The molecule has 2 aromatic heterocycles. The lowest BCUT2D eigenvalue weighted by Gasteiger charge is -1.99. The van der Waals surface area contributed by atoms with Crippen LogP contribution in [0.5, 0.6) is 0 Å². The van der Waals surface area contributed by atoms with E-state index in [-0.39, 0.29) is 18.1 Å². The van der Waals surface area contributed by atoms with Gasteiger partial charge in [0, 0.05) is 16.0 Å². The first kappa shape index (κ1) is 17.1. The summed E-state index contributed by atoms with van der Waals surface area (Å²) in [6.07, 6.45) is 0.147. The van der Waals surface area contributed by atoms with Crippen LogP contribution in [0, 0.1) is 5.82 Å². The summed E-state index contributed by atoms with van der Waals surface area (Å²) in [5, 5.41) is 6.54. The van der Waals surface area contributed by atoms with Crippen molar-refractivity contribution in [2.45, 2.75) is 6.42 Å². The summed E-state index contributed by atoms with van der Waals surface area (Å²) in [6, 6.07) is 11.5. The van der Waals surface area contributed by atoms with Crippen LogP contribution in [0.15, 0.2) is 47.8 Å². The predicted octanol–water partition coefficient (Wildman–Crippen LogP) is 5.39. The molecule has 4 aromatic rings. The second-order valence-corrected chi connectivity index (χ2v) is 7.83. The van der Waals surface area contributed by atoms with Crippen molar-refractivity contribution in [2.24, 2.45) is 0 Å². The van der Waals surface area contributed by atoms with Gasteiger partial charge in [-0.15, -0.1) is 11.3 Å². The van der Waals surface area contributed by atoms with Crippen LogP contribution in [0.3, 0.4) is 0 Å². The maximum Gasteiger partial charge on any atom is 0.232 e. The summed E-state index contributed by atoms with van der Waals surface area (Å²) in [4.78, 5) is 21.1. The molecule has 2 aromatic carbocycles. The molecule has 4 rings (SSSR count). The van der Waals surface area contributed by atoms with Gasteiger partial charge in [0.2, 0.25) is 5.91 Å². The maximum atomic E-state index is 13.0. The third-order valence-electron chi connectivity index (χ3n) is 3.58. The van der Waals surface area contributed by atoms with Gasteiger partial charge in [0.05, 0.1) is 22.3 Å². The monoisotopic (exact) mass is 403 g/mol. The number of anilines is 1. The first-order valence-electron chi connectivity index (χ1n) is 7.63. The zero-order valence-corrected chi connectivity index (χ0v) is 15.6. The van der Waals surface area contributed by atoms with E-state index < -0.39 is 0 Å². The minimum atomic E-state index is -0.290. The van der Waals surface area contributed by atoms with Crippen molar-refractivity contribution in [2.75, 3.05) is 5.32 Å². The normalized spacial score (nSPS) is 11.0. The second-order valence-electron chi connectivity index (χ2n) is 5.51. The minimum absolute atomic E-state index is 0.147. The van der Waals surface area contributed by atoms with Crippen molar-refractivity contribution in [1.29, 1.82) is 0 Å². The first-order valence-corrected chi connectivity index (χ1v) is 9.70. The Morgan fingerprint density at radius 1 is 1.15 bits per heavy atom. The molecule has 0 saturated carbocycles. The van der Waals surface area contributed by atoms with Crippen molar-refractivity contribution in [3.8, 4) is 10.6 Å². The van der Waals surface area contributed by atoms with Gasteiger partial charge in [-0.2, -0.15) is 0 Å². The summed E-state index contributed by atoms with van der Waals surface area (Å²) in [5.41, 5.74) is 2.28. The van der Waals surface area contributed by atoms with Gasteiger partial charge in [-0.1, -0.05) is 22.9 Å². The Balaban J connectivity index is 1.45.